The first-order valence-electron chi connectivity index (χ1n) is 12.6. The second-order valence-electron chi connectivity index (χ2n) is 8.98. The van der Waals surface area contributed by atoms with E-state index < -0.39 is 17.9 Å². The summed E-state index contributed by atoms with van der Waals surface area (Å²) in [6.45, 7) is 7.41. The first-order chi connectivity index (χ1) is 15.5. The summed E-state index contributed by atoms with van der Waals surface area (Å²) < 4.78 is 5.38. The number of nitrogens with zero attached hydrogens (tertiary/aromatic N) is 1. The van der Waals surface area contributed by atoms with Gasteiger partial charge in [0, 0.05) is 25.6 Å². The summed E-state index contributed by atoms with van der Waals surface area (Å²) in [7, 11) is 0. The molecule has 2 aliphatic rings. The van der Waals surface area contributed by atoms with Gasteiger partial charge in [0.15, 0.2) is 0 Å². The summed E-state index contributed by atoms with van der Waals surface area (Å²) >= 11 is 0. The van der Waals surface area contributed by atoms with Crippen molar-refractivity contribution >= 4 is 17.8 Å². The molecular formula is C25H42N2O5. The molecule has 0 aromatic heterocycles. The number of carbonyl (C=O) groups is 3. The van der Waals surface area contributed by atoms with Gasteiger partial charge in [-0.3, -0.25) is 14.4 Å². The number of likely N-dealkylation sites (tertiary alicyclic amines) is 1. The van der Waals surface area contributed by atoms with E-state index in [1.807, 2.05) is 12.2 Å². The first kappa shape index (κ1) is 26.4. The molecule has 2 N–H and O–H groups in total. The molecule has 182 valence electrons. The third-order valence-electron chi connectivity index (χ3n) is 6.70. The summed E-state index contributed by atoms with van der Waals surface area (Å²) in [5, 5.41) is 12.1. The van der Waals surface area contributed by atoms with E-state index in [9.17, 15) is 14.4 Å². The molecule has 7 heteroatoms. The smallest absolute Gasteiger partial charge is 0.310 e. The average molecular weight is 451 g/mol. The summed E-state index contributed by atoms with van der Waals surface area (Å²) in [5.74, 6) is -2.06. The molecular weight excluding hydrogens is 408 g/mol. The first-order valence-corrected chi connectivity index (χ1v) is 12.6. The third-order valence-corrected chi connectivity index (χ3v) is 6.70. The molecule has 1 aliphatic carbocycles. The molecule has 1 aliphatic heterocycles. The Hall–Kier alpha value is -1.89. The minimum Gasteiger partial charge on any atom is -0.466 e. The number of hydrogen-bond acceptors (Lipinski definition) is 5. The Morgan fingerprint density at radius 2 is 1.84 bits per heavy atom. The Balaban J connectivity index is 2.30. The van der Waals surface area contributed by atoms with E-state index in [4.69, 9.17) is 9.84 Å². The van der Waals surface area contributed by atoms with Crippen LogP contribution in [0.4, 0.5) is 0 Å². The number of carbonyl (C=O) groups excluding carboxylic acids is 3. The van der Waals surface area contributed by atoms with Crippen LogP contribution < -0.4 is 5.32 Å². The maximum Gasteiger partial charge on any atom is 0.310 e. The SMILES string of the molecule is CCCCCNC(=O)[C@@H]1[C@H]2C=C[C@@H](CCC)[C@@H](C(=O)OCC)[C@@H]2C(=O)N1CCCCCO. The summed E-state index contributed by atoms with van der Waals surface area (Å²) in [4.78, 5) is 41.5. The molecule has 2 amide bonds. The number of rotatable bonds is 14. The normalized spacial score (nSPS) is 26.8. The second-order valence-corrected chi connectivity index (χ2v) is 8.98. The van der Waals surface area contributed by atoms with Gasteiger partial charge in [-0.15, -0.1) is 0 Å². The molecule has 0 aromatic carbocycles. The minimum absolute atomic E-state index is 0.0492. The molecule has 1 fully saturated rings. The lowest BCUT2D eigenvalue weighted by Gasteiger charge is -2.33. The lowest BCUT2D eigenvalue weighted by Crippen LogP contribution is -2.47. The van der Waals surface area contributed by atoms with E-state index in [0.717, 1.165) is 44.9 Å². The Morgan fingerprint density at radius 1 is 1.06 bits per heavy atom. The molecule has 1 saturated heterocycles. The van der Waals surface area contributed by atoms with Crippen molar-refractivity contribution in [3.05, 3.63) is 12.2 Å². The Labute approximate surface area is 192 Å². The number of ether oxygens (including phenoxy) is 1. The highest BCUT2D eigenvalue weighted by Gasteiger charge is 2.57. The lowest BCUT2D eigenvalue weighted by molar-refractivity contribution is -0.155. The Bertz CT molecular complexity index is 650. The van der Waals surface area contributed by atoms with Gasteiger partial charge in [0.05, 0.1) is 18.4 Å². The molecule has 5 atom stereocenters. The second kappa shape index (κ2) is 13.6. The highest BCUT2D eigenvalue weighted by molar-refractivity contribution is 5.96. The van der Waals surface area contributed by atoms with Crippen LogP contribution in [0, 0.1) is 23.7 Å². The Kier molecular flexibility index (Phi) is 11.2. The summed E-state index contributed by atoms with van der Waals surface area (Å²) in [6, 6.07) is -0.598. The van der Waals surface area contributed by atoms with Crippen molar-refractivity contribution in [2.75, 3.05) is 26.3 Å². The number of allylic oxidation sites excluding steroid dienone is 1. The number of amides is 2. The average Bonchev–Trinajstić information content (AvgIpc) is 3.06. The minimum atomic E-state index is -0.598. The number of esters is 1. The zero-order valence-corrected chi connectivity index (χ0v) is 20.1. The predicted molar refractivity (Wildman–Crippen MR) is 124 cm³/mol. The fourth-order valence-electron chi connectivity index (χ4n) is 5.17. The van der Waals surface area contributed by atoms with Crippen LogP contribution in [-0.4, -0.2) is 60.1 Å². The van der Waals surface area contributed by atoms with Crippen LogP contribution in [0.15, 0.2) is 12.2 Å². The number of nitrogens with one attached hydrogen (secondary N) is 1. The van der Waals surface area contributed by atoms with Gasteiger partial charge in [-0.25, -0.2) is 0 Å². The largest absolute Gasteiger partial charge is 0.466 e. The topological polar surface area (TPSA) is 95.9 Å². The van der Waals surface area contributed by atoms with Crippen molar-refractivity contribution < 1.29 is 24.2 Å². The highest BCUT2D eigenvalue weighted by Crippen LogP contribution is 2.45. The molecule has 0 spiro atoms. The van der Waals surface area contributed by atoms with Gasteiger partial charge < -0.3 is 20.1 Å². The van der Waals surface area contributed by atoms with Crippen LogP contribution in [0.2, 0.25) is 0 Å². The van der Waals surface area contributed by atoms with Crippen molar-refractivity contribution in [2.45, 2.75) is 78.2 Å². The molecule has 2 rings (SSSR count). The fraction of sp³-hybridized carbons (Fsp3) is 0.800. The van der Waals surface area contributed by atoms with Crippen LogP contribution in [0.25, 0.3) is 0 Å². The number of hydrogen-bond donors (Lipinski definition) is 2. The predicted octanol–water partition coefficient (Wildman–Crippen LogP) is 3.06. The third kappa shape index (κ3) is 6.33. The molecule has 0 unspecified atom stereocenters. The van der Waals surface area contributed by atoms with Gasteiger partial charge in [-0.05, 0) is 44.9 Å². The van der Waals surface area contributed by atoms with Gasteiger partial charge in [-0.2, -0.15) is 0 Å². The van der Waals surface area contributed by atoms with E-state index in [-0.39, 0.29) is 42.8 Å². The van der Waals surface area contributed by atoms with Crippen LogP contribution in [0.3, 0.4) is 0 Å². The maximum atomic E-state index is 13.6. The number of unbranched alkanes of at least 4 members (excludes halogenated alkanes) is 4. The van der Waals surface area contributed by atoms with Crippen LogP contribution in [-0.2, 0) is 19.1 Å². The van der Waals surface area contributed by atoms with Gasteiger partial charge >= 0.3 is 5.97 Å². The summed E-state index contributed by atoms with van der Waals surface area (Å²) in [5.41, 5.74) is 0. The standard InChI is InChI=1S/C25H42N2O5/c1-4-7-9-15-26-23(29)22-19-14-13-18(12-5-2)20(25(31)32-6-3)21(19)24(30)27(22)16-10-8-11-17-28/h13-14,18-22,28H,4-12,15-17H2,1-3H3,(H,26,29)/t18-,19+,20-,21-,22+/m1/s1. The quantitative estimate of drug-likeness (QED) is 0.241. The number of aliphatic hydroxyl groups excluding tert-OH is 1. The number of fused-ring (bicyclic) bond motifs is 1. The van der Waals surface area contributed by atoms with E-state index >= 15 is 0 Å². The zero-order chi connectivity index (χ0) is 23.5. The molecule has 7 nitrogen and oxygen atoms in total. The van der Waals surface area contributed by atoms with Crippen molar-refractivity contribution in [3.63, 3.8) is 0 Å². The zero-order valence-electron chi connectivity index (χ0n) is 20.1. The van der Waals surface area contributed by atoms with Crippen LogP contribution in [0.5, 0.6) is 0 Å². The van der Waals surface area contributed by atoms with E-state index in [1.54, 1.807) is 11.8 Å². The van der Waals surface area contributed by atoms with Crippen molar-refractivity contribution in [3.8, 4) is 0 Å². The molecule has 0 radical (unpaired) electrons. The van der Waals surface area contributed by atoms with Gasteiger partial charge in [-0.1, -0.05) is 45.3 Å². The van der Waals surface area contributed by atoms with Gasteiger partial charge in [0.2, 0.25) is 11.8 Å². The van der Waals surface area contributed by atoms with Crippen LogP contribution >= 0.6 is 0 Å². The van der Waals surface area contributed by atoms with E-state index in [2.05, 4.69) is 19.2 Å². The summed E-state index contributed by atoms with van der Waals surface area (Å²) in [6.07, 6.45) is 11.0. The molecule has 0 bridgehead atoms. The van der Waals surface area contributed by atoms with Gasteiger partial charge in [0.25, 0.3) is 0 Å². The molecule has 1 heterocycles. The van der Waals surface area contributed by atoms with Crippen LogP contribution in [0.1, 0.15) is 72.1 Å². The van der Waals surface area contributed by atoms with E-state index in [1.165, 1.54) is 0 Å². The fourth-order valence-corrected chi connectivity index (χ4v) is 5.17. The van der Waals surface area contributed by atoms with Gasteiger partial charge in [0.1, 0.15) is 6.04 Å². The maximum absolute atomic E-state index is 13.6. The lowest BCUT2D eigenvalue weighted by atomic mass is 9.69. The van der Waals surface area contributed by atoms with E-state index in [0.29, 0.717) is 19.5 Å². The molecule has 0 saturated carbocycles. The molecule has 0 aromatic rings. The highest BCUT2D eigenvalue weighted by atomic mass is 16.5. The molecule has 32 heavy (non-hydrogen) atoms. The van der Waals surface area contributed by atoms with Crippen molar-refractivity contribution in [1.29, 1.82) is 0 Å². The van der Waals surface area contributed by atoms with Crippen molar-refractivity contribution in [2.24, 2.45) is 23.7 Å². The monoisotopic (exact) mass is 450 g/mol. The number of aliphatic hydroxyl groups is 1. The Morgan fingerprint density at radius 3 is 2.50 bits per heavy atom. The van der Waals surface area contributed by atoms with Crippen molar-refractivity contribution in [1.82, 2.24) is 10.2 Å².